The summed E-state index contributed by atoms with van der Waals surface area (Å²) < 4.78 is 20.6. The van der Waals surface area contributed by atoms with Gasteiger partial charge in [0.15, 0.2) is 0 Å². The molecule has 0 saturated carbocycles. The van der Waals surface area contributed by atoms with Gasteiger partial charge >= 0.3 is 0 Å². The van der Waals surface area contributed by atoms with E-state index in [1.165, 1.54) is 18.5 Å². The molecule has 1 heterocycles. The van der Waals surface area contributed by atoms with Crippen LogP contribution in [-0.2, 0) is 6.54 Å². The first kappa shape index (κ1) is 15.2. The van der Waals surface area contributed by atoms with Crippen LogP contribution < -0.4 is 4.74 Å². The van der Waals surface area contributed by atoms with Crippen molar-refractivity contribution in [1.29, 1.82) is 0 Å². The lowest BCUT2D eigenvalue weighted by atomic mass is 9.85. The number of aromatic nitrogens is 3. The predicted octanol–water partition coefficient (Wildman–Crippen LogP) is 3.82. The lowest BCUT2D eigenvalue weighted by Gasteiger charge is -2.25. The standard InChI is InChI=1S/C16H20FN3O/c1-12(21-14-7-5-13(17)6-8-14)15(16(2,3)4)9-20-11-18-10-19-20/h5-8,10-11H,9H2,1-4H3. The maximum atomic E-state index is 12.9. The van der Waals surface area contributed by atoms with Crippen LogP contribution in [-0.4, -0.2) is 14.8 Å². The Morgan fingerprint density at radius 1 is 1.24 bits per heavy atom. The third kappa shape index (κ3) is 4.15. The molecule has 1 aromatic carbocycles. The van der Waals surface area contributed by atoms with Crippen molar-refractivity contribution in [2.24, 2.45) is 5.41 Å². The average molecular weight is 289 g/mol. The third-order valence-corrected chi connectivity index (χ3v) is 3.20. The molecule has 0 saturated heterocycles. The summed E-state index contributed by atoms with van der Waals surface area (Å²) in [7, 11) is 0. The van der Waals surface area contributed by atoms with Gasteiger partial charge in [0, 0.05) is 0 Å². The molecule has 0 aliphatic carbocycles. The van der Waals surface area contributed by atoms with Crippen LogP contribution in [0.4, 0.5) is 4.39 Å². The highest BCUT2D eigenvalue weighted by molar-refractivity contribution is 5.26. The minimum absolute atomic E-state index is 0.0733. The smallest absolute Gasteiger partial charge is 0.137 e. The van der Waals surface area contributed by atoms with Crippen molar-refractivity contribution < 1.29 is 9.13 Å². The van der Waals surface area contributed by atoms with Gasteiger partial charge < -0.3 is 4.74 Å². The first-order chi connectivity index (χ1) is 9.86. The third-order valence-electron chi connectivity index (χ3n) is 3.20. The van der Waals surface area contributed by atoms with Crippen molar-refractivity contribution >= 4 is 0 Å². The second kappa shape index (κ2) is 6.08. The van der Waals surface area contributed by atoms with Gasteiger partial charge in [0.25, 0.3) is 0 Å². The molecule has 0 bridgehead atoms. The molecule has 0 unspecified atom stereocenters. The molecule has 5 heteroatoms. The number of benzene rings is 1. The minimum Gasteiger partial charge on any atom is -0.462 e. The highest BCUT2D eigenvalue weighted by atomic mass is 19.1. The van der Waals surface area contributed by atoms with Crippen LogP contribution in [0.15, 0.2) is 48.3 Å². The summed E-state index contributed by atoms with van der Waals surface area (Å²) in [5.74, 6) is 1.14. The molecule has 0 aliphatic heterocycles. The number of allylic oxidation sites excluding steroid dienone is 2. The molecule has 2 aromatic rings. The van der Waals surface area contributed by atoms with Gasteiger partial charge in [-0.05, 0) is 42.2 Å². The molecule has 0 radical (unpaired) electrons. The predicted molar refractivity (Wildman–Crippen MR) is 79.2 cm³/mol. The molecule has 21 heavy (non-hydrogen) atoms. The van der Waals surface area contributed by atoms with Crippen LogP contribution in [0.5, 0.6) is 5.75 Å². The maximum Gasteiger partial charge on any atom is 0.137 e. The van der Waals surface area contributed by atoms with E-state index in [-0.39, 0.29) is 11.2 Å². The maximum absolute atomic E-state index is 12.9. The normalized spacial score (nSPS) is 13.0. The van der Waals surface area contributed by atoms with E-state index in [1.807, 2.05) is 6.92 Å². The largest absolute Gasteiger partial charge is 0.462 e. The monoisotopic (exact) mass is 289 g/mol. The molecule has 0 aliphatic rings. The highest BCUT2D eigenvalue weighted by Crippen LogP contribution is 2.30. The quantitative estimate of drug-likeness (QED) is 0.803. The SMILES string of the molecule is CC(Oc1ccc(F)cc1)=C(Cn1cncn1)C(C)(C)C. The van der Waals surface area contributed by atoms with Crippen LogP contribution in [0.3, 0.4) is 0 Å². The van der Waals surface area contributed by atoms with Crippen molar-refractivity contribution in [3.8, 4) is 5.75 Å². The number of ether oxygens (including phenoxy) is 1. The zero-order valence-corrected chi connectivity index (χ0v) is 12.8. The van der Waals surface area contributed by atoms with Crippen molar-refractivity contribution in [3.05, 3.63) is 54.1 Å². The minimum atomic E-state index is -0.275. The zero-order chi connectivity index (χ0) is 15.5. The molecule has 0 amide bonds. The van der Waals surface area contributed by atoms with E-state index in [0.717, 1.165) is 11.3 Å². The molecule has 112 valence electrons. The van der Waals surface area contributed by atoms with Crippen LogP contribution >= 0.6 is 0 Å². The van der Waals surface area contributed by atoms with Gasteiger partial charge in [-0.25, -0.2) is 14.1 Å². The molecule has 0 N–H and O–H groups in total. The summed E-state index contributed by atoms with van der Waals surface area (Å²) in [4.78, 5) is 3.96. The van der Waals surface area contributed by atoms with E-state index >= 15 is 0 Å². The van der Waals surface area contributed by atoms with E-state index in [2.05, 4.69) is 30.9 Å². The molecule has 4 nitrogen and oxygen atoms in total. The Hall–Kier alpha value is -2.17. The van der Waals surface area contributed by atoms with Gasteiger partial charge in [-0.3, -0.25) is 0 Å². The Bertz CT molecular complexity index is 610. The van der Waals surface area contributed by atoms with Crippen molar-refractivity contribution in [2.45, 2.75) is 34.2 Å². The first-order valence-electron chi connectivity index (χ1n) is 6.82. The summed E-state index contributed by atoms with van der Waals surface area (Å²) in [5, 5.41) is 4.14. The number of rotatable bonds is 4. The second-order valence-corrected chi connectivity index (χ2v) is 5.93. The van der Waals surface area contributed by atoms with Gasteiger partial charge in [-0.1, -0.05) is 20.8 Å². The van der Waals surface area contributed by atoms with E-state index < -0.39 is 0 Å². The number of hydrogen-bond donors (Lipinski definition) is 0. The molecular formula is C16H20FN3O. The van der Waals surface area contributed by atoms with Crippen LogP contribution in [0, 0.1) is 11.2 Å². The van der Waals surface area contributed by atoms with Crippen molar-refractivity contribution in [2.75, 3.05) is 0 Å². The molecule has 0 fully saturated rings. The van der Waals surface area contributed by atoms with E-state index in [1.54, 1.807) is 23.1 Å². The second-order valence-electron chi connectivity index (χ2n) is 5.93. The van der Waals surface area contributed by atoms with Gasteiger partial charge in [0.05, 0.1) is 6.54 Å². The zero-order valence-electron chi connectivity index (χ0n) is 12.8. The highest BCUT2D eigenvalue weighted by Gasteiger charge is 2.21. The summed E-state index contributed by atoms with van der Waals surface area (Å²) in [6, 6.07) is 6.01. The molecule has 1 aromatic heterocycles. The lowest BCUT2D eigenvalue weighted by molar-refractivity contribution is 0.369. The molecule has 2 rings (SSSR count). The van der Waals surface area contributed by atoms with Gasteiger partial charge in [-0.15, -0.1) is 0 Å². The molecular weight excluding hydrogens is 269 g/mol. The van der Waals surface area contributed by atoms with Gasteiger partial charge in [-0.2, -0.15) is 5.10 Å². The Kier molecular flexibility index (Phi) is 4.40. The van der Waals surface area contributed by atoms with Crippen molar-refractivity contribution in [3.63, 3.8) is 0 Å². The summed E-state index contributed by atoms with van der Waals surface area (Å²) in [6.07, 6.45) is 3.19. The Morgan fingerprint density at radius 2 is 1.90 bits per heavy atom. The van der Waals surface area contributed by atoms with Crippen LogP contribution in [0.1, 0.15) is 27.7 Å². The molecule has 0 atom stereocenters. The Labute approximate surface area is 124 Å². The summed E-state index contributed by atoms with van der Waals surface area (Å²) >= 11 is 0. The summed E-state index contributed by atoms with van der Waals surface area (Å²) in [6.45, 7) is 8.89. The van der Waals surface area contributed by atoms with Gasteiger partial charge in [0.1, 0.15) is 30.0 Å². The lowest BCUT2D eigenvalue weighted by Crippen LogP contribution is -2.19. The topological polar surface area (TPSA) is 39.9 Å². The van der Waals surface area contributed by atoms with Crippen LogP contribution in [0.25, 0.3) is 0 Å². The van der Waals surface area contributed by atoms with Crippen molar-refractivity contribution in [1.82, 2.24) is 14.8 Å². The number of hydrogen-bond acceptors (Lipinski definition) is 3. The van der Waals surface area contributed by atoms with E-state index in [0.29, 0.717) is 12.3 Å². The van der Waals surface area contributed by atoms with E-state index in [9.17, 15) is 4.39 Å². The fraction of sp³-hybridized carbons (Fsp3) is 0.375. The first-order valence-corrected chi connectivity index (χ1v) is 6.82. The average Bonchev–Trinajstić information content (AvgIpc) is 2.90. The fourth-order valence-corrected chi connectivity index (χ4v) is 2.09. The van der Waals surface area contributed by atoms with Gasteiger partial charge in [0.2, 0.25) is 0 Å². The van der Waals surface area contributed by atoms with Crippen LogP contribution in [0.2, 0.25) is 0 Å². The molecule has 0 spiro atoms. The number of halogens is 1. The van der Waals surface area contributed by atoms with E-state index in [4.69, 9.17) is 4.74 Å². The fourth-order valence-electron chi connectivity index (χ4n) is 2.09. The number of nitrogens with zero attached hydrogens (tertiary/aromatic N) is 3. The summed E-state index contributed by atoms with van der Waals surface area (Å²) in [5.41, 5.74) is 1.04. The Balaban J connectivity index is 2.26. The Morgan fingerprint density at radius 3 is 2.43 bits per heavy atom.